The van der Waals surface area contributed by atoms with E-state index in [0.717, 1.165) is 0 Å². The third kappa shape index (κ3) is 2.05. The molecule has 0 aliphatic heterocycles. The van der Waals surface area contributed by atoms with Gasteiger partial charge in [0, 0.05) is 29.0 Å². The number of nitrogens with two attached hydrogens (primary N) is 1. The molecule has 0 fully saturated rings. The molecule has 0 saturated heterocycles. The van der Waals surface area contributed by atoms with Gasteiger partial charge in [-0.1, -0.05) is 24.3 Å². The van der Waals surface area contributed by atoms with E-state index >= 15 is 0 Å². The van der Waals surface area contributed by atoms with Gasteiger partial charge >= 0.3 is 0 Å². The Kier molecular flexibility index (Phi) is 3.76. The number of halogens is 1. The SMILES string of the molecule is Cl.Cn1cc([C@H](N)c2cccs2)c2ccccc21. The lowest BCUT2D eigenvalue weighted by molar-refractivity contribution is 0.878. The van der Waals surface area contributed by atoms with E-state index in [1.54, 1.807) is 11.3 Å². The molecule has 0 unspecified atom stereocenters. The predicted molar refractivity (Wildman–Crippen MR) is 80.5 cm³/mol. The van der Waals surface area contributed by atoms with E-state index in [1.807, 2.05) is 6.07 Å². The highest BCUT2D eigenvalue weighted by Gasteiger charge is 2.15. The molecule has 1 aromatic carbocycles. The molecule has 2 aromatic heterocycles. The Labute approximate surface area is 116 Å². The van der Waals surface area contributed by atoms with E-state index in [2.05, 4.69) is 53.5 Å². The first-order chi connectivity index (χ1) is 8.27. The van der Waals surface area contributed by atoms with Crippen LogP contribution in [0.5, 0.6) is 0 Å². The average molecular weight is 279 g/mol. The maximum Gasteiger partial charge on any atom is 0.0667 e. The molecule has 0 spiro atoms. The van der Waals surface area contributed by atoms with Gasteiger partial charge in [-0.15, -0.1) is 23.7 Å². The van der Waals surface area contributed by atoms with Gasteiger partial charge < -0.3 is 10.3 Å². The molecule has 0 aliphatic rings. The maximum absolute atomic E-state index is 6.34. The fraction of sp³-hybridized carbons (Fsp3) is 0.143. The minimum absolute atomic E-state index is 0. The van der Waals surface area contributed by atoms with Crippen LogP contribution in [0.25, 0.3) is 10.9 Å². The van der Waals surface area contributed by atoms with Crippen LogP contribution in [-0.4, -0.2) is 4.57 Å². The number of hydrogen-bond acceptors (Lipinski definition) is 2. The number of aryl methyl sites for hydroxylation is 1. The molecule has 18 heavy (non-hydrogen) atoms. The topological polar surface area (TPSA) is 30.9 Å². The highest BCUT2D eigenvalue weighted by molar-refractivity contribution is 7.10. The first-order valence-corrected chi connectivity index (χ1v) is 6.48. The van der Waals surface area contributed by atoms with Crippen LogP contribution >= 0.6 is 23.7 Å². The van der Waals surface area contributed by atoms with Crippen LogP contribution in [0.15, 0.2) is 48.0 Å². The Balaban J connectivity index is 0.00000120. The zero-order valence-electron chi connectivity index (χ0n) is 10.0. The molecule has 0 aliphatic carbocycles. The molecule has 0 amide bonds. The van der Waals surface area contributed by atoms with Crippen molar-refractivity contribution < 1.29 is 0 Å². The standard InChI is InChI=1S/C14H14N2S.ClH/c1-16-9-11(10-5-2-3-6-12(10)16)14(15)13-7-4-8-17-13;/h2-9,14H,15H2,1H3;1H/t14-;/m0./s1. The second kappa shape index (κ2) is 5.14. The Hall–Kier alpha value is -1.29. The van der Waals surface area contributed by atoms with Gasteiger partial charge in [-0.05, 0) is 23.1 Å². The van der Waals surface area contributed by atoms with Crippen molar-refractivity contribution in [2.24, 2.45) is 12.8 Å². The molecule has 1 atom stereocenters. The van der Waals surface area contributed by atoms with Gasteiger partial charge in [-0.2, -0.15) is 0 Å². The molecule has 0 bridgehead atoms. The molecule has 0 saturated carbocycles. The second-order valence-corrected chi connectivity index (χ2v) is 5.18. The second-order valence-electron chi connectivity index (χ2n) is 4.21. The molecule has 2 nitrogen and oxygen atoms in total. The van der Waals surface area contributed by atoms with Gasteiger partial charge in [0.25, 0.3) is 0 Å². The lowest BCUT2D eigenvalue weighted by Crippen LogP contribution is -2.09. The van der Waals surface area contributed by atoms with E-state index in [0.29, 0.717) is 0 Å². The summed E-state index contributed by atoms with van der Waals surface area (Å²) in [6.45, 7) is 0. The number of rotatable bonds is 2. The van der Waals surface area contributed by atoms with Gasteiger partial charge in [0.2, 0.25) is 0 Å². The molecular formula is C14H15ClN2S. The van der Waals surface area contributed by atoms with E-state index in [9.17, 15) is 0 Å². The van der Waals surface area contributed by atoms with Crippen LogP contribution in [0.2, 0.25) is 0 Å². The van der Waals surface area contributed by atoms with Crippen molar-refractivity contribution in [2.75, 3.05) is 0 Å². The number of benzene rings is 1. The van der Waals surface area contributed by atoms with E-state index in [-0.39, 0.29) is 18.4 Å². The molecule has 0 radical (unpaired) electrons. The van der Waals surface area contributed by atoms with Crippen molar-refractivity contribution in [2.45, 2.75) is 6.04 Å². The van der Waals surface area contributed by atoms with Crippen molar-refractivity contribution in [1.82, 2.24) is 4.57 Å². The van der Waals surface area contributed by atoms with Crippen molar-refractivity contribution >= 4 is 34.6 Å². The van der Waals surface area contributed by atoms with Crippen molar-refractivity contribution in [3.8, 4) is 0 Å². The van der Waals surface area contributed by atoms with E-state index < -0.39 is 0 Å². The molecule has 2 N–H and O–H groups in total. The lowest BCUT2D eigenvalue weighted by atomic mass is 10.1. The third-order valence-corrected chi connectivity index (χ3v) is 4.07. The van der Waals surface area contributed by atoms with Gasteiger partial charge in [0.05, 0.1) is 6.04 Å². The molecule has 94 valence electrons. The van der Waals surface area contributed by atoms with E-state index in [4.69, 9.17) is 5.73 Å². The van der Waals surface area contributed by atoms with Crippen molar-refractivity contribution in [3.05, 3.63) is 58.4 Å². The third-order valence-electron chi connectivity index (χ3n) is 3.11. The van der Waals surface area contributed by atoms with Crippen LogP contribution in [0, 0.1) is 0 Å². The predicted octanol–water partition coefficient (Wildman–Crippen LogP) is 3.71. The van der Waals surface area contributed by atoms with E-state index in [1.165, 1.54) is 21.3 Å². The average Bonchev–Trinajstić information content (AvgIpc) is 2.97. The molecule has 3 rings (SSSR count). The van der Waals surface area contributed by atoms with Crippen molar-refractivity contribution in [3.63, 3.8) is 0 Å². The summed E-state index contributed by atoms with van der Waals surface area (Å²) in [5, 5.41) is 3.32. The summed E-state index contributed by atoms with van der Waals surface area (Å²) in [4.78, 5) is 1.21. The summed E-state index contributed by atoms with van der Waals surface area (Å²) >= 11 is 1.71. The highest BCUT2D eigenvalue weighted by atomic mass is 35.5. The first kappa shape index (κ1) is 13.1. The number of aromatic nitrogens is 1. The number of thiophene rings is 1. The zero-order chi connectivity index (χ0) is 11.8. The van der Waals surface area contributed by atoms with Crippen LogP contribution in [0.4, 0.5) is 0 Å². The Morgan fingerprint density at radius 2 is 1.94 bits per heavy atom. The van der Waals surface area contributed by atoms with Crippen LogP contribution < -0.4 is 5.73 Å². The van der Waals surface area contributed by atoms with Crippen LogP contribution in [-0.2, 0) is 7.05 Å². The molecule has 4 heteroatoms. The highest BCUT2D eigenvalue weighted by Crippen LogP contribution is 2.30. The Bertz CT molecular complexity index is 643. The minimum atomic E-state index is -0.0268. The fourth-order valence-electron chi connectivity index (χ4n) is 2.24. The largest absolute Gasteiger partial charge is 0.350 e. The lowest BCUT2D eigenvalue weighted by Gasteiger charge is -2.07. The Morgan fingerprint density at radius 3 is 2.67 bits per heavy atom. The normalized spacial score (nSPS) is 12.3. The summed E-state index contributed by atoms with van der Waals surface area (Å²) in [5.74, 6) is 0. The summed E-state index contributed by atoms with van der Waals surface area (Å²) < 4.78 is 2.14. The first-order valence-electron chi connectivity index (χ1n) is 5.60. The molecule has 2 heterocycles. The van der Waals surface area contributed by atoms with Gasteiger partial charge in [-0.25, -0.2) is 0 Å². The number of fused-ring (bicyclic) bond motifs is 1. The maximum atomic E-state index is 6.34. The minimum Gasteiger partial charge on any atom is -0.350 e. The quantitative estimate of drug-likeness (QED) is 0.761. The van der Waals surface area contributed by atoms with Gasteiger partial charge in [0.15, 0.2) is 0 Å². The van der Waals surface area contributed by atoms with Crippen molar-refractivity contribution in [1.29, 1.82) is 0 Å². The smallest absolute Gasteiger partial charge is 0.0667 e. The molecular weight excluding hydrogens is 264 g/mol. The number of nitrogens with zero attached hydrogens (tertiary/aromatic N) is 1. The summed E-state index contributed by atoms with van der Waals surface area (Å²) in [5.41, 5.74) is 8.77. The number of hydrogen-bond donors (Lipinski definition) is 1. The Morgan fingerprint density at radius 1 is 1.17 bits per heavy atom. The molecule has 3 aromatic rings. The summed E-state index contributed by atoms with van der Waals surface area (Å²) in [6.07, 6.45) is 2.13. The zero-order valence-corrected chi connectivity index (χ0v) is 11.7. The van der Waals surface area contributed by atoms with Crippen LogP contribution in [0.1, 0.15) is 16.5 Å². The number of para-hydroxylation sites is 1. The van der Waals surface area contributed by atoms with Gasteiger partial charge in [0.1, 0.15) is 0 Å². The van der Waals surface area contributed by atoms with Gasteiger partial charge in [-0.3, -0.25) is 0 Å². The summed E-state index contributed by atoms with van der Waals surface area (Å²) in [7, 11) is 2.06. The monoisotopic (exact) mass is 278 g/mol. The fourth-order valence-corrected chi connectivity index (χ4v) is 2.99. The summed E-state index contributed by atoms with van der Waals surface area (Å²) in [6, 6.07) is 12.5. The van der Waals surface area contributed by atoms with Crippen LogP contribution in [0.3, 0.4) is 0 Å².